The number of guanidine groups is 1. The van der Waals surface area contributed by atoms with Gasteiger partial charge in [0, 0.05) is 39.1 Å². The summed E-state index contributed by atoms with van der Waals surface area (Å²) < 4.78 is 2.07. The van der Waals surface area contributed by atoms with Gasteiger partial charge in [-0.3, -0.25) is 4.99 Å². The van der Waals surface area contributed by atoms with Crippen molar-refractivity contribution in [3.8, 4) is 0 Å². The second-order valence-corrected chi connectivity index (χ2v) is 6.59. The predicted molar refractivity (Wildman–Crippen MR) is 104 cm³/mol. The lowest BCUT2D eigenvalue weighted by atomic mass is 10.1. The summed E-state index contributed by atoms with van der Waals surface area (Å²) in [5.41, 5.74) is 2.52. The molecule has 1 heterocycles. The summed E-state index contributed by atoms with van der Waals surface area (Å²) in [5, 5.41) is 6.72. The van der Waals surface area contributed by atoms with Crippen molar-refractivity contribution in [1.82, 2.24) is 20.2 Å². The summed E-state index contributed by atoms with van der Waals surface area (Å²) in [6.45, 7) is 2.59. The van der Waals surface area contributed by atoms with Gasteiger partial charge in [0.15, 0.2) is 5.96 Å². The van der Waals surface area contributed by atoms with E-state index < -0.39 is 0 Å². The van der Waals surface area contributed by atoms with Crippen LogP contribution in [0, 0.1) is 0 Å². The zero-order chi connectivity index (χ0) is 17.0. The van der Waals surface area contributed by atoms with Crippen LogP contribution < -0.4 is 10.6 Å². The molecule has 0 saturated carbocycles. The molecule has 0 spiro atoms. The number of benzene rings is 1. The minimum Gasteiger partial charge on any atom is -0.356 e. The van der Waals surface area contributed by atoms with Crippen molar-refractivity contribution in [1.29, 1.82) is 0 Å². The fourth-order valence-corrected chi connectivity index (χ4v) is 2.83. The molecule has 6 heteroatoms. The molecule has 1 aromatic carbocycles. The van der Waals surface area contributed by atoms with Crippen LogP contribution in [0.5, 0.6) is 0 Å². The Bertz CT molecular complexity index is 592. The maximum absolute atomic E-state index is 4.27. The molecule has 0 atom stereocenters. The highest BCUT2D eigenvalue weighted by Crippen LogP contribution is 2.06. The van der Waals surface area contributed by atoms with Crippen molar-refractivity contribution in [2.45, 2.75) is 25.9 Å². The number of nitrogens with zero attached hydrogens (tertiary/aromatic N) is 3. The number of hydrogen-bond donors (Lipinski definition) is 2. The first kappa shape index (κ1) is 18.4. The Balaban J connectivity index is 1.72. The van der Waals surface area contributed by atoms with Gasteiger partial charge in [-0.15, -0.1) is 0 Å². The van der Waals surface area contributed by atoms with E-state index in [4.69, 9.17) is 0 Å². The standard InChI is InChI=1S/C18H27N5S/c1-19-18(21-9-3-4-12-24-2)22-13-16-5-7-17(8-6-16)14-23-11-10-20-15-23/h5-8,10-11,15H,3-4,9,12-14H2,1-2H3,(H2,19,21,22). The molecule has 130 valence electrons. The summed E-state index contributed by atoms with van der Waals surface area (Å²) in [7, 11) is 1.81. The van der Waals surface area contributed by atoms with Crippen LogP contribution in [0.4, 0.5) is 0 Å². The normalized spacial score (nSPS) is 11.5. The van der Waals surface area contributed by atoms with E-state index in [9.17, 15) is 0 Å². The van der Waals surface area contributed by atoms with Gasteiger partial charge < -0.3 is 15.2 Å². The van der Waals surface area contributed by atoms with E-state index in [2.05, 4.69) is 55.7 Å². The molecule has 2 rings (SSSR count). The second-order valence-electron chi connectivity index (χ2n) is 5.60. The van der Waals surface area contributed by atoms with Crippen LogP contribution in [0.1, 0.15) is 24.0 Å². The van der Waals surface area contributed by atoms with Crippen LogP contribution in [-0.4, -0.2) is 41.1 Å². The summed E-state index contributed by atoms with van der Waals surface area (Å²) in [5.74, 6) is 2.08. The smallest absolute Gasteiger partial charge is 0.191 e. The third-order valence-corrected chi connectivity index (χ3v) is 4.40. The van der Waals surface area contributed by atoms with Crippen molar-refractivity contribution >= 4 is 17.7 Å². The lowest BCUT2D eigenvalue weighted by Gasteiger charge is -2.12. The topological polar surface area (TPSA) is 54.2 Å². The molecule has 0 aliphatic carbocycles. The Morgan fingerprint density at radius 2 is 1.96 bits per heavy atom. The minimum atomic E-state index is 0.774. The quantitative estimate of drug-likeness (QED) is 0.417. The van der Waals surface area contributed by atoms with Crippen molar-refractivity contribution in [2.75, 3.05) is 25.6 Å². The van der Waals surface area contributed by atoms with Gasteiger partial charge in [0.05, 0.1) is 6.33 Å². The fourth-order valence-electron chi connectivity index (χ4n) is 2.34. The monoisotopic (exact) mass is 345 g/mol. The number of aromatic nitrogens is 2. The number of hydrogen-bond acceptors (Lipinski definition) is 3. The second kappa shape index (κ2) is 10.8. The van der Waals surface area contributed by atoms with Crippen LogP contribution >= 0.6 is 11.8 Å². The van der Waals surface area contributed by atoms with Crippen molar-refractivity contribution in [3.63, 3.8) is 0 Å². The zero-order valence-corrected chi connectivity index (χ0v) is 15.4. The molecule has 0 aliphatic heterocycles. The molecule has 2 aromatic rings. The molecule has 0 saturated heterocycles. The SMILES string of the molecule is CN=C(NCCCCSC)NCc1ccc(Cn2ccnc2)cc1. The lowest BCUT2D eigenvalue weighted by Crippen LogP contribution is -2.37. The Morgan fingerprint density at radius 3 is 2.62 bits per heavy atom. The minimum absolute atomic E-state index is 0.774. The van der Waals surface area contributed by atoms with E-state index in [0.29, 0.717) is 0 Å². The Hall–Kier alpha value is -1.95. The molecule has 0 radical (unpaired) electrons. The van der Waals surface area contributed by atoms with Crippen LogP contribution in [0.3, 0.4) is 0 Å². The van der Waals surface area contributed by atoms with Crippen LogP contribution in [0.15, 0.2) is 48.0 Å². The molecule has 0 fully saturated rings. The van der Waals surface area contributed by atoms with Crippen LogP contribution in [-0.2, 0) is 13.1 Å². The molecular formula is C18H27N5S. The molecule has 2 N–H and O–H groups in total. The van der Waals surface area contributed by atoms with Gasteiger partial charge in [0.25, 0.3) is 0 Å². The van der Waals surface area contributed by atoms with Crippen LogP contribution in [0.2, 0.25) is 0 Å². The fraction of sp³-hybridized carbons (Fsp3) is 0.444. The molecule has 1 aromatic heterocycles. The maximum atomic E-state index is 4.27. The lowest BCUT2D eigenvalue weighted by molar-refractivity contribution is 0.732. The predicted octanol–water partition coefficient (Wildman–Crippen LogP) is 2.74. The highest BCUT2D eigenvalue weighted by molar-refractivity contribution is 7.98. The van der Waals surface area contributed by atoms with Gasteiger partial charge in [0.1, 0.15) is 0 Å². The number of unbranched alkanes of at least 4 members (excludes halogenated alkanes) is 1. The maximum Gasteiger partial charge on any atom is 0.191 e. The number of imidazole rings is 1. The average molecular weight is 346 g/mol. The third kappa shape index (κ3) is 6.66. The van der Waals surface area contributed by atoms with E-state index >= 15 is 0 Å². The largest absolute Gasteiger partial charge is 0.356 e. The van der Waals surface area contributed by atoms with Crippen molar-refractivity contribution < 1.29 is 0 Å². The van der Waals surface area contributed by atoms with E-state index in [0.717, 1.165) is 25.6 Å². The van der Waals surface area contributed by atoms with Gasteiger partial charge in [-0.05, 0) is 36.0 Å². The highest BCUT2D eigenvalue weighted by Gasteiger charge is 1.99. The van der Waals surface area contributed by atoms with Gasteiger partial charge in [-0.2, -0.15) is 11.8 Å². The van der Waals surface area contributed by atoms with Crippen molar-refractivity contribution in [3.05, 3.63) is 54.1 Å². The van der Waals surface area contributed by atoms with Crippen LogP contribution in [0.25, 0.3) is 0 Å². The summed E-state index contributed by atoms with van der Waals surface area (Å²) in [4.78, 5) is 8.33. The molecule has 0 amide bonds. The summed E-state index contributed by atoms with van der Waals surface area (Å²) in [6, 6.07) is 8.64. The number of rotatable bonds is 9. The van der Waals surface area contributed by atoms with E-state index in [1.165, 1.54) is 29.7 Å². The van der Waals surface area contributed by atoms with Gasteiger partial charge in [-0.1, -0.05) is 24.3 Å². The Labute approximate surface area is 149 Å². The zero-order valence-electron chi connectivity index (χ0n) is 14.5. The van der Waals surface area contributed by atoms with Gasteiger partial charge in [0.2, 0.25) is 0 Å². The average Bonchev–Trinajstić information content (AvgIpc) is 3.12. The number of aliphatic imine (C=N–C) groups is 1. The first-order valence-electron chi connectivity index (χ1n) is 8.29. The van der Waals surface area contributed by atoms with E-state index in [1.807, 2.05) is 31.3 Å². The molecular weight excluding hydrogens is 318 g/mol. The number of nitrogens with one attached hydrogen (secondary N) is 2. The Morgan fingerprint density at radius 1 is 1.17 bits per heavy atom. The first-order valence-corrected chi connectivity index (χ1v) is 9.68. The van der Waals surface area contributed by atoms with Crippen molar-refractivity contribution in [2.24, 2.45) is 4.99 Å². The number of thioether (sulfide) groups is 1. The van der Waals surface area contributed by atoms with E-state index in [-0.39, 0.29) is 0 Å². The molecule has 0 bridgehead atoms. The summed E-state index contributed by atoms with van der Waals surface area (Å²) in [6.07, 6.45) is 10.2. The highest BCUT2D eigenvalue weighted by atomic mass is 32.2. The molecule has 5 nitrogen and oxygen atoms in total. The molecule has 0 unspecified atom stereocenters. The van der Waals surface area contributed by atoms with E-state index in [1.54, 1.807) is 6.20 Å². The third-order valence-electron chi connectivity index (χ3n) is 3.70. The first-order chi connectivity index (χ1) is 11.8. The van der Waals surface area contributed by atoms with Gasteiger partial charge >= 0.3 is 0 Å². The van der Waals surface area contributed by atoms with Gasteiger partial charge in [-0.25, -0.2) is 4.98 Å². The molecule has 24 heavy (non-hydrogen) atoms. The summed E-state index contributed by atoms with van der Waals surface area (Å²) >= 11 is 1.90. The molecule has 0 aliphatic rings. The Kier molecular flexibility index (Phi) is 8.24.